The molecule has 0 aliphatic carbocycles. The van der Waals surface area contributed by atoms with Crippen LogP contribution < -0.4 is 5.73 Å². The number of nitrogens with zero attached hydrogens (tertiary/aromatic N) is 4. The number of rotatable bonds is 3. The van der Waals surface area contributed by atoms with Crippen molar-refractivity contribution in [3.05, 3.63) is 41.5 Å². The van der Waals surface area contributed by atoms with Gasteiger partial charge < -0.3 is 10.9 Å². The van der Waals surface area contributed by atoms with E-state index in [4.69, 9.17) is 10.9 Å². The third-order valence-electron chi connectivity index (χ3n) is 2.28. The minimum absolute atomic E-state index is 0.0146. The number of amidine groups is 1. The fourth-order valence-corrected chi connectivity index (χ4v) is 2.32. The van der Waals surface area contributed by atoms with Crippen LogP contribution in [-0.4, -0.2) is 26.0 Å². The fraction of sp³-hybridized carbons (Fsp3) is 0.167. The molecule has 0 spiro atoms. The van der Waals surface area contributed by atoms with Crippen molar-refractivity contribution in [3.8, 4) is 0 Å². The Balaban J connectivity index is 2.19. The number of pyridine rings is 1. The zero-order chi connectivity index (χ0) is 13.8. The Hall–Kier alpha value is -2.15. The maximum atomic E-state index is 8.55. The molecule has 0 saturated carbocycles. The highest BCUT2D eigenvalue weighted by Crippen LogP contribution is 2.24. The maximum Gasteiger partial charge on any atom is 0.192 e. The minimum Gasteiger partial charge on any atom is -0.409 e. The molecule has 2 heterocycles. The number of nitrogens with two attached hydrogens (primary N) is 1. The van der Waals surface area contributed by atoms with Crippen LogP contribution in [0.2, 0.25) is 0 Å². The van der Waals surface area contributed by atoms with Gasteiger partial charge in [-0.1, -0.05) is 5.16 Å². The number of oxime groups is 1. The Morgan fingerprint density at radius 2 is 1.95 bits per heavy atom. The number of aryl methyl sites for hydroxylation is 2. The molecule has 3 N–H and O–H groups in total. The molecule has 7 heteroatoms. The van der Waals surface area contributed by atoms with Crippen LogP contribution in [0.25, 0.3) is 0 Å². The van der Waals surface area contributed by atoms with Crippen LogP contribution in [0.15, 0.2) is 39.6 Å². The van der Waals surface area contributed by atoms with Gasteiger partial charge in [-0.25, -0.2) is 9.97 Å². The van der Waals surface area contributed by atoms with Gasteiger partial charge in [0, 0.05) is 22.5 Å². The molecule has 2 aromatic heterocycles. The normalized spacial score (nSPS) is 11.6. The van der Waals surface area contributed by atoms with E-state index in [9.17, 15) is 0 Å². The van der Waals surface area contributed by atoms with Gasteiger partial charge in [-0.3, -0.25) is 4.98 Å². The summed E-state index contributed by atoms with van der Waals surface area (Å²) in [5, 5.41) is 12.1. The lowest BCUT2D eigenvalue weighted by atomic mass is 10.3. The third kappa shape index (κ3) is 3.41. The molecule has 0 unspecified atom stereocenters. The SMILES string of the molecule is Cc1cc(C)nc(Sc2ccc(/C(N)=N/O)nc2)n1. The monoisotopic (exact) mass is 275 g/mol. The van der Waals surface area contributed by atoms with Crippen molar-refractivity contribution in [2.24, 2.45) is 10.9 Å². The van der Waals surface area contributed by atoms with Crippen LogP contribution in [0.4, 0.5) is 0 Å². The molecular formula is C12H13N5OS. The summed E-state index contributed by atoms with van der Waals surface area (Å²) in [6.07, 6.45) is 1.64. The van der Waals surface area contributed by atoms with Crippen LogP contribution in [0.1, 0.15) is 17.1 Å². The number of hydrogen-bond acceptors (Lipinski definition) is 6. The Morgan fingerprint density at radius 3 is 2.47 bits per heavy atom. The predicted molar refractivity (Wildman–Crippen MR) is 72.4 cm³/mol. The van der Waals surface area contributed by atoms with E-state index in [1.807, 2.05) is 26.0 Å². The van der Waals surface area contributed by atoms with Gasteiger partial charge in [0.1, 0.15) is 5.69 Å². The largest absolute Gasteiger partial charge is 0.409 e. The van der Waals surface area contributed by atoms with E-state index in [1.54, 1.807) is 12.3 Å². The average molecular weight is 275 g/mol. The quantitative estimate of drug-likeness (QED) is 0.291. The first-order chi connectivity index (χ1) is 9.08. The zero-order valence-electron chi connectivity index (χ0n) is 10.5. The molecule has 0 fully saturated rings. The molecule has 6 nitrogen and oxygen atoms in total. The van der Waals surface area contributed by atoms with Crippen LogP contribution in [0.3, 0.4) is 0 Å². The first-order valence-electron chi connectivity index (χ1n) is 5.52. The Labute approximate surface area is 114 Å². The highest BCUT2D eigenvalue weighted by molar-refractivity contribution is 7.99. The van der Waals surface area contributed by atoms with Gasteiger partial charge in [-0.15, -0.1) is 0 Å². The van der Waals surface area contributed by atoms with Crippen molar-refractivity contribution >= 4 is 17.6 Å². The Kier molecular flexibility index (Phi) is 3.96. The maximum absolute atomic E-state index is 8.55. The Morgan fingerprint density at radius 1 is 1.26 bits per heavy atom. The predicted octanol–water partition coefficient (Wildman–Crippen LogP) is 1.73. The molecule has 0 aliphatic heterocycles. The molecule has 0 saturated heterocycles. The van der Waals surface area contributed by atoms with Crippen molar-refractivity contribution in [2.45, 2.75) is 23.9 Å². The molecule has 98 valence electrons. The lowest BCUT2D eigenvalue weighted by Gasteiger charge is -2.03. The summed E-state index contributed by atoms with van der Waals surface area (Å²) in [5.74, 6) is -0.0146. The summed E-state index contributed by atoms with van der Waals surface area (Å²) in [6, 6.07) is 5.43. The van der Waals surface area contributed by atoms with Gasteiger partial charge in [0.05, 0.1) is 0 Å². The molecule has 2 aromatic rings. The van der Waals surface area contributed by atoms with Gasteiger partial charge in [0.25, 0.3) is 0 Å². The molecule has 0 radical (unpaired) electrons. The van der Waals surface area contributed by atoms with E-state index >= 15 is 0 Å². The summed E-state index contributed by atoms with van der Waals surface area (Å²) in [4.78, 5) is 13.7. The van der Waals surface area contributed by atoms with E-state index in [1.165, 1.54) is 11.8 Å². The van der Waals surface area contributed by atoms with Crippen molar-refractivity contribution in [1.82, 2.24) is 15.0 Å². The Bertz CT molecular complexity index is 592. The van der Waals surface area contributed by atoms with Crippen LogP contribution in [0.5, 0.6) is 0 Å². The van der Waals surface area contributed by atoms with E-state index < -0.39 is 0 Å². The molecule has 0 bridgehead atoms. The van der Waals surface area contributed by atoms with Gasteiger partial charge in [-0.05, 0) is 43.8 Å². The van der Waals surface area contributed by atoms with Gasteiger partial charge in [0.2, 0.25) is 0 Å². The van der Waals surface area contributed by atoms with Crippen LogP contribution in [0, 0.1) is 13.8 Å². The second-order valence-electron chi connectivity index (χ2n) is 3.90. The third-order valence-corrected chi connectivity index (χ3v) is 3.12. The first-order valence-corrected chi connectivity index (χ1v) is 6.34. The summed E-state index contributed by atoms with van der Waals surface area (Å²) < 4.78 is 0. The highest BCUT2D eigenvalue weighted by Gasteiger charge is 2.05. The van der Waals surface area contributed by atoms with E-state index in [0.29, 0.717) is 10.9 Å². The summed E-state index contributed by atoms with van der Waals surface area (Å²) in [5.41, 5.74) is 7.72. The first kappa shape index (κ1) is 13.3. The second kappa shape index (κ2) is 5.66. The minimum atomic E-state index is -0.0146. The summed E-state index contributed by atoms with van der Waals surface area (Å²) >= 11 is 1.42. The molecule has 0 aliphatic rings. The smallest absolute Gasteiger partial charge is 0.192 e. The van der Waals surface area contributed by atoms with E-state index in [0.717, 1.165) is 16.3 Å². The lowest BCUT2D eigenvalue weighted by molar-refractivity contribution is 0.318. The van der Waals surface area contributed by atoms with Crippen molar-refractivity contribution in [1.29, 1.82) is 0 Å². The van der Waals surface area contributed by atoms with Gasteiger partial charge in [-0.2, -0.15) is 0 Å². The van der Waals surface area contributed by atoms with Gasteiger partial charge >= 0.3 is 0 Å². The average Bonchev–Trinajstić information content (AvgIpc) is 2.37. The van der Waals surface area contributed by atoms with Crippen molar-refractivity contribution in [2.75, 3.05) is 0 Å². The molecule has 0 amide bonds. The molecule has 2 rings (SSSR count). The summed E-state index contributed by atoms with van der Waals surface area (Å²) in [6.45, 7) is 3.86. The topological polar surface area (TPSA) is 97.3 Å². The van der Waals surface area contributed by atoms with Crippen molar-refractivity contribution in [3.63, 3.8) is 0 Å². The van der Waals surface area contributed by atoms with Crippen LogP contribution in [-0.2, 0) is 0 Å². The summed E-state index contributed by atoms with van der Waals surface area (Å²) in [7, 11) is 0. The standard InChI is InChI=1S/C12H13N5OS/c1-7-5-8(2)16-12(15-7)19-9-3-4-10(14-6-9)11(13)17-18/h3-6,18H,1-2H3,(H2,13,17). The fourth-order valence-electron chi connectivity index (χ4n) is 1.49. The van der Waals surface area contributed by atoms with Crippen molar-refractivity contribution < 1.29 is 5.21 Å². The number of aromatic nitrogens is 3. The van der Waals surface area contributed by atoms with Crippen LogP contribution >= 0.6 is 11.8 Å². The molecule has 19 heavy (non-hydrogen) atoms. The van der Waals surface area contributed by atoms with E-state index in [2.05, 4.69) is 20.1 Å². The molecule has 0 atom stereocenters. The molecule has 0 aromatic carbocycles. The molecular weight excluding hydrogens is 262 g/mol. The highest BCUT2D eigenvalue weighted by atomic mass is 32.2. The van der Waals surface area contributed by atoms with E-state index in [-0.39, 0.29) is 5.84 Å². The number of hydrogen-bond donors (Lipinski definition) is 2. The van der Waals surface area contributed by atoms with Gasteiger partial charge in [0.15, 0.2) is 11.0 Å². The zero-order valence-corrected chi connectivity index (χ0v) is 11.3. The lowest BCUT2D eigenvalue weighted by Crippen LogP contribution is -2.14. The second-order valence-corrected chi connectivity index (χ2v) is 4.94.